The van der Waals surface area contributed by atoms with Crippen LogP contribution < -0.4 is 14.4 Å². The molecule has 0 saturated carbocycles. The molecule has 3 aliphatic rings. The van der Waals surface area contributed by atoms with E-state index in [1.54, 1.807) is 47.4 Å². The second-order valence-electron chi connectivity index (χ2n) is 7.54. The van der Waals surface area contributed by atoms with Gasteiger partial charge in [-0.2, -0.15) is 4.99 Å². The zero-order valence-corrected chi connectivity index (χ0v) is 18.1. The van der Waals surface area contributed by atoms with E-state index in [9.17, 15) is 18.0 Å². The Balaban J connectivity index is 1.53. The van der Waals surface area contributed by atoms with Crippen LogP contribution in [0, 0.1) is 0 Å². The topological polar surface area (TPSA) is 102 Å². The van der Waals surface area contributed by atoms with Gasteiger partial charge < -0.3 is 14.4 Å². The van der Waals surface area contributed by atoms with Gasteiger partial charge in [-0.25, -0.2) is 8.42 Å². The zero-order chi connectivity index (χ0) is 21.8. The summed E-state index contributed by atoms with van der Waals surface area (Å²) in [6.45, 7) is 1.58. The van der Waals surface area contributed by atoms with Crippen LogP contribution in [0.1, 0.15) is 27.6 Å². The highest BCUT2D eigenvalue weighted by atomic mass is 32.2. The maximum Gasteiger partial charge on any atom is 0.279 e. The SMILES string of the molecule is CC(=O)c1cccc(N2C(=NC(=O)c3ccc4c(c3)OCO4)S[C@@H]3CS(=O)(=O)C[C@H]32)c1. The Kier molecular flexibility index (Phi) is 4.78. The van der Waals surface area contributed by atoms with Crippen LogP contribution in [0.2, 0.25) is 0 Å². The number of hydrogen-bond donors (Lipinski definition) is 0. The van der Waals surface area contributed by atoms with E-state index in [2.05, 4.69) is 4.99 Å². The Morgan fingerprint density at radius 2 is 1.87 bits per heavy atom. The first-order valence-electron chi connectivity index (χ1n) is 9.61. The number of benzene rings is 2. The summed E-state index contributed by atoms with van der Waals surface area (Å²) in [6, 6.07) is 11.5. The molecule has 0 aromatic heterocycles. The third-order valence-corrected chi connectivity index (χ3v) is 8.62. The number of sulfone groups is 1. The molecule has 8 nitrogen and oxygen atoms in total. The van der Waals surface area contributed by atoms with Crippen LogP contribution in [-0.4, -0.2) is 54.9 Å². The number of thioether (sulfide) groups is 1. The van der Waals surface area contributed by atoms with Crippen LogP contribution in [0.25, 0.3) is 0 Å². The van der Waals surface area contributed by atoms with Crippen molar-refractivity contribution in [2.45, 2.75) is 18.2 Å². The monoisotopic (exact) mass is 458 g/mol. The first-order chi connectivity index (χ1) is 14.8. The van der Waals surface area contributed by atoms with Gasteiger partial charge in [0, 0.05) is 22.1 Å². The van der Waals surface area contributed by atoms with Crippen LogP contribution in [0.4, 0.5) is 5.69 Å². The van der Waals surface area contributed by atoms with Gasteiger partial charge in [-0.1, -0.05) is 23.9 Å². The number of anilines is 1. The Morgan fingerprint density at radius 1 is 1.06 bits per heavy atom. The molecule has 3 aliphatic heterocycles. The summed E-state index contributed by atoms with van der Waals surface area (Å²) >= 11 is 1.28. The number of ketones is 1. The highest BCUT2D eigenvalue weighted by Gasteiger charge is 2.49. The Bertz CT molecular complexity index is 1240. The van der Waals surface area contributed by atoms with Crippen molar-refractivity contribution in [3.05, 3.63) is 53.6 Å². The number of fused-ring (bicyclic) bond motifs is 2. The van der Waals surface area contributed by atoms with E-state index in [-0.39, 0.29) is 35.4 Å². The highest BCUT2D eigenvalue weighted by Crippen LogP contribution is 2.41. The fraction of sp³-hybridized carbons (Fsp3) is 0.286. The molecule has 2 aromatic rings. The molecular formula is C21H18N2O6S2. The van der Waals surface area contributed by atoms with E-state index < -0.39 is 15.7 Å². The molecule has 2 saturated heterocycles. The van der Waals surface area contributed by atoms with Gasteiger partial charge in [0.25, 0.3) is 5.91 Å². The minimum absolute atomic E-state index is 0.0216. The molecule has 0 spiro atoms. The maximum atomic E-state index is 12.9. The van der Waals surface area contributed by atoms with Crippen molar-refractivity contribution in [1.29, 1.82) is 0 Å². The molecule has 2 atom stereocenters. The predicted octanol–water partition coefficient (Wildman–Crippen LogP) is 2.53. The number of carbonyl (C=O) groups is 2. The molecule has 160 valence electrons. The van der Waals surface area contributed by atoms with Crippen LogP contribution >= 0.6 is 11.8 Å². The van der Waals surface area contributed by atoms with E-state index >= 15 is 0 Å². The molecular weight excluding hydrogens is 440 g/mol. The molecule has 5 rings (SSSR count). The van der Waals surface area contributed by atoms with Crippen molar-refractivity contribution in [2.75, 3.05) is 23.2 Å². The zero-order valence-electron chi connectivity index (χ0n) is 16.5. The molecule has 1 amide bonds. The predicted molar refractivity (Wildman–Crippen MR) is 117 cm³/mol. The number of aliphatic imine (C=N–C) groups is 1. The number of rotatable bonds is 3. The largest absolute Gasteiger partial charge is 0.454 e. The summed E-state index contributed by atoms with van der Waals surface area (Å²) in [7, 11) is -3.18. The van der Waals surface area contributed by atoms with Crippen LogP contribution in [0.5, 0.6) is 11.5 Å². The molecule has 2 aromatic carbocycles. The Labute approximate surface area is 183 Å². The fourth-order valence-corrected chi connectivity index (χ4v) is 7.83. The van der Waals surface area contributed by atoms with Crippen LogP contribution in [0.3, 0.4) is 0 Å². The minimum atomic E-state index is -3.18. The van der Waals surface area contributed by atoms with Crippen molar-refractivity contribution in [3.8, 4) is 11.5 Å². The van der Waals surface area contributed by atoms with Crippen molar-refractivity contribution in [3.63, 3.8) is 0 Å². The molecule has 10 heteroatoms. The number of Topliss-reactive ketones (excluding diaryl/α,β-unsaturated/α-hetero) is 1. The Hall–Kier alpha value is -2.85. The van der Waals surface area contributed by atoms with Crippen molar-refractivity contribution in [2.24, 2.45) is 4.99 Å². The van der Waals surface area contributed by atoms with E-state index in [0.29, 0.717) is 33.5 Å². The van der Waals surface area contributed by atoms with E-state index in [4.69, 9.17) is 9.47 Å². The van der Waals surface area contributed by atoms with Gasteiger partial charge >= 0.3 is 0 Å². The number of amides is 1. The number of amidine groups is 1. The quantitative estimate of drug-likeness (QED) is 0.647. The summed E-state index contributed by atoms with van der Waals surface area (Å²) in [6.07, 6.45) is 0. The molecule has 0 bridgehead atoms. The van der Waals surface area contributed by atoms with Gasteiger partial charge in [-0.3, -0.25) is 9.59 Å². The molecule has 0 unspecified atom stereocenters. The summed E-state index contributed by atoms with van der Waals surface area (Å²) in [5.41, 5.74) is 1.50. The van der Waals surface area contributed by atoms with E-state index in [1.165, 1.54) is 18.7 Å². The van der Waals surface area contributed by atoms with Gasteiger partial charge in [0.15, 0.2) is 32.3 Å². The summed E-state index contributed by atoms with van der Waals surface area (Å²) in [5.74, 6) is 0.505. The molecule has 31 heavy (non-hydrogen) atoms. The number of ether oxygens (including phenoxy) is 2. The summed E-state index contributed by atoms with van der Waals surface area (Å²) in [4.78, 5) is 30.9. The first kappa shape index (κ1) is 20.1. The van der Waals surface area contributed by atoms with Gasteiger partial charge in [0.1, 0.15) is 0 Å². The van der Waals surface area contributed by atoms with Gasteiger partial charge in [-0.15, -0.1) is 0 Å². The number of nitrogens with zero attached hydrogens (tertiary/aromatic N) is 2. The first-order valence-corrected chi connectivity index (χ1v) is 12.3. The third-order valence-electron chi connectivity index (χ3n) is 5.41. The lowest BCUT2D eigenvalue weighted by Crippen LogP contribution is -2.37. The standard InChI is InChI=1S/C21H18N2O6S2/c1-12(24)13-3-2-4-15(7-13)23-16-9-31(26,27)10-19(16)30-21(23)22-20(25)14-5-6-17-18(8-14)29-11-28-17/h2-8,16,19H,9-11H2,1H3/t16-,19-/m1/s1. The lowest BCUT2D eigenvalue weighted by Gasteiger charge is -2.24. The average molecular weight is 459 g/mol. The van der Waals surface area contributed by atoms with Crippen LogP contribution in [-0.2, 0) is 9.84 Å². The maximum absolute atomic E-state index is 12.9. The van der Waals surface area contributed by atoms with E-state index in [1.807, 2.05) is 0 Å². The second kappa shape index (κ2) is 7.38. The average Bonchev–Trinajstić information content (AvgIpc) is 3.39. The second-order valence-corrected chi connectivity index (χ2v) is 10.9. The minimum Gasteiger partial charge on any atom is -0.454 e. The molecule has 3 heterocycles. The molecule has 0 N–H and O–H groups in total. The van der Waals surface area contributed by atoms with Gasteiger partial charge in [0.05, 0.1) is 17.5 Å². The molecule has 2 fully saturated rings. The van der Waals surface area contributed by atoms with Gasteiger partial charge in [-0.05, 0) is 37.3 Å². The van der Waals surface area contributed by atoms with Crippen molar-refractivity contribution < 1.29 is 27.5 Å². The van der Waals surface area contributed by atoms with Crippen LogP contribution in [0.15, 0.2) is 47.5 Å². The summed E-state index contributed by atoms with van der Waals surface area (Å²) in [5, 5.41) is 0.197. The molecule has 0 aliphatic carbocycles. The number of hydrogen-bond acceptors (Lipinski definition) is 7. The third kappa shape index (κ3) is 3.70. The number of carbonyl (C=O) groups excluding carboxylic acids is 2. The van der Waals surface area contributed by atoms with Crippen molar-refractivity contribution >= 4 is 44.1 Å². The van der Waals surface area contributed by atoms with Gasteiger partial charge in [0.2, 0.25) is 6.79 Å². The fourth-order valence-electron chi connectivity index (χ4n) is 3.92. The Morgan fingerprint density at radius 3 is 2.68 bits per heavy atom. The molecule has 0 radical (unpaired) electrons. The van der Waals surface area contributed by atoms with Crippen molar-refractivity contribution in [1.82, 2.24) is 0 Å². The highest BCUT2D eigenvalue weighted by molar-refractivity contribution is 8.16. The lowest BCUT2D eigenvalue weighted by atomic mass is 10.1. The smallest absolute Gasteiger partial charge is 0.279 e. The normalized spacial score (nSPS) is 24.4. The lowest BCUT2D eigenvalue weighted by molar-refractivity contribution is 0.0998. The van der Waals surface area contributed by atoms with E-state index in [0.717, 1.165) is 0 Å². The summed E-state index contributed by atoms with van der Waals surface area (Å²) < 4.78 is 35.1.